The Balaban J connectivity index is 0. The fourth-order valence-corrected chi connectivity index (χ4v) is 2.31. The van der Waals surface area contributed by atoms with Gasteiger partial charge in [-0.05, 0) is 26.7 Å². The molecule has 0 bridgehead atoms. The lowest BCUT2D eigenvalue weighted by Crippen LogP contribution is -2.42. The number of ether oxygens (including phenoxy) is 2. The fraction of sp³-hybridized carbons (Fsp3) is 0.900. The summed E-state index contributed by atoms with van der Waals surface area (Å²) in [4.78, 5) is 24.7. The van der Waals surface area contributed by atoms with Gasteiger partial charge in [0.15, 0.2) is 5.41 Å². The highest BCUT2D eigenvalue weighted by molar-refractivity contribution is 6.00. The average Bonchev–Trinajstić information content (AvgIpc) is 2.58. The summed E-state index contributed by atoms with van der Waals surface area (Å²) in [7, 11) is 0. The van der Waals surface area contributed by atoms with Gasteiger partial charge in [-0.2, -0.15) is 0 Å². The minimum atomic E-state index is -1.10. The molecule has 0 N–H and O–H groups in total. The predicted molar refractivity (Wildman–Crippen MR) is 99.9 cm³/mol. The molecule has 24 heavy (non-hydrogen) atoms. The second-order valence-corrected chi connectivity index (χ2v) is 6.08. The summed E-state index contributed by atoms with van der Waals surface area (Å²) in [6.07, 6.45) is 8.35. The molecule has 144 valence electrons. The number of esters is 2. The number of rotatable bonds is 12. The highest BCUT2D eigenvalue weighted by Crippen LogP contribution is 2.34. The van der Waals surface area contributed by atoms with Gasteiger partial charge in [-0.3, -0.25) is 9.59 Å². The quantitative estimate of drug-likeness (QED) is 0.260. The molecule has 0 rings (SSSR count). The monoisotopic (exact) mass is 344 g/mol. The van der Waals surface area contributed by atoms with Gasteiger partial charge in [0.05, 0.1) is 13.2 Å². The molecule has 4 heteroatoms. The van der Waals surface area contributed by atoms with Gasteiger partial charge in [0.1, 0.15) is 0 Å². The van der Waals surface area contributed by atoms with Crippen molar-refractivity contribution in [1.82, 2.24) is 0 Å². The Morgan fingerprint density at radius 2 is 1.04 bits per heavy atom. The molecule has 0 aromatic heterocycles. The molecule has 0 aliphatic carbocycles. The van der Waals surface area contributed by atoms with Crippen LogP contribution in [0.4, 0.5) is 0 Å². The number of carbonyl (C=O) groups excluding carboxylic acids is 2. The Hall–Kier alpha value is -1.06. The van der Waals surface area contributed by atoms with E-state index in [1.54, 1.807) is 13.8 Å². The van der Waals surface area contributed by atoms with Gasteiger partial charge in [-0.1, -0.05) is 72.6 Å². The smallest absolute Gasteiger partial charge is 0.323 e. The van der Waals surface area contributed by atoms with Gasteiger partial charge in [-0.25, -0.2) is 0 Å². The van der Waals surface area contributed by atoms with E-state index in [2.05, 4.69) is 20.8 Å². The molecule has 0 fully saturated rings. The average molecular weight is 345 g/mol. The van der Waals surface area contributed by atoms with Crippen LogP contribution in [-0.2, 0) is 19.1 Å². The van der Waals surface area contributed by atoms with Crippen molar-refractivity contribution in [2.45, 2.75) is 99.3 Å². The molecule has 0 saturated carbocycles. The van der Waals surface area contributed by atoms with E-state index in [9.17, 15) is 9.59 Å². The molecular weight excluding hydrogens is 304 g/mol. The van der Waals surface area contributed by atoms with Crippen LogP contribution in [0.2, 0.25) is 0 Å². The standard InChI is InChI=1S/C16H30O4.C4H10/c1-5-9-11-13-16(12-10-6-2,14(17)19-7-3)15(18)20-8-4;1-3-4-2/h5-13H2,1-4H3;3-4H2,1-2H3. The maximum absolute atomic E-state index is 12.4. The van der Waals surface area contributed by atoms with Crippen molar-refractivity contribution in [3.8, 4) is 0 Å². The molecule has 0 atom stereocenters. The molecule has 0 spiro atoms. The lowest BCUT2D eigenvalue weighted by molar-refractivity contribution is -0.173. The van der Waals surface area contributed by atoms with E-state index in [1.165, 1.54) is 12.8 Å². The van der Waals surface area contributed by atoms with E-state index in [4.69, 9.17) is 9.47 Å². The third kappa shape index (κ3) is 9.94. The molecule has 0 amide bonds. The normalized spacial score (nSPS) is 10.6. The van der Waals surface area contributed by atoms with Crippen molar-refractivity contribution in [1.29, 1.82) is 0 Å². The minimum absolute atomic E-state index is 0.292. The molecule has 0 radical (unpaired) electrons. The molecular formula is C20H40O4. The summed E-state index contributed by atoms with van der Waals surface area (Å²) in [5.74, 6) is -0.828. The molecule has 0 aromatic carbocycles. The van der Waals surface area contributed by atoms with Crippen molar-refractivity contribution < 1.29 is 19.1 Å². The van der Waals surface area contributed by atoms with Gasteiger partial charge < -0.3 is 9.47 Å². The van der Waals surface area contributed by atoms with Crippen LogP contribution >= 0.6 is 0 Å². The fourth-order valence-electron chi connectivity index (χ4n) is 2.31. The topological polar surface area (TPSA) is 52.6 Å². The van der Waals surface area contributed by atoms with Gasteiger partial charge in [0.25, 0.3) is 0 Å². The Morgan fingerprint density at radius 3 is 1.38 bits per heavy atom. The van der Waals surface area contributed by atoms with Crippen molar-refractivity contribution in [3.05, 3.63) is 0 Å². The molecule has 0 aliphatic heterocycles. The second kappa shape index (κ2) is 16.8. The number of hydrogen-bond donors (Lipinski definition) is 0. The zero-order chi connectivity index (χ0) is 18.8. The maximum Gasteiger partial charge on any atom is 0.323 e. The van der Waals surface area contributed by atoms with E-state index >= 15 is 0 Å². The third-order valence-electron chi connectivity index (χ3n) is 4.00. The number of carbonyl (C=O) groups is 2. The van der Waals surface area contributed by atoms with Gasteiger partial charge in [-0.15, -0.1) is 0 Å². The van der Waals surface area contributed by atoms with E-state index in [-0.39, 0.29) is 0 Å². The summed E-state index contributed by atoms with van der Waals surface area (Å²) in [5.41, 5.74) is -1.10. The van der Waals surface area contributed by atoms with Crippen LogP contribution in [0.1, 0.15) is 99.3 Å². The summed E-state index contributed by atoms with van der Waals surface area (Å²) >= 11 is 0. The molecule has 0 saturated heterocycles. The van der Waals surface area contributed by atoms with E-state index in [0.717, 1.165) is 32.1 Å². The lowest BCUT2D eigenvalue weighted by Gasteiger charge is -2.29. The predicted octanol–water partition coefficient (Wildman–Crippen LogP) is 5.68. The molecule has 0 unspecified atom stereocenters. The van der Waals surface area contributed by atoms with Gasteiger partial charge in [0, 0.05) is 0 Å². The summed E-state index contributed by atoms with van der Waals surface area (Å²) in [6, 6.07) is 0. The maximum atomic E-state index is 12.4. The van der Waals surface area contributed by atoms with E-state index < -0.39 is 17.4 Å². The Labute approximate surface area is 149 Å². The first-order valence-corrected chi connectivity index (χ1v) is 9.84. The first kappa shape index (κ1) is 25.2. The zero-order valence-electron chi connectivity index (χ0n) is 16.9. The third-order valence-corrected chi connectivity index (χ3v) is 4.00. The van der Waals surface area contributed by atoms with Crippen LogP contribution in [0, 0.1) is 5.41 Å². The lowest BCUT2D eigenvalue weighted by atomic mass is 9.78. The van der Waals surface area contributed by atoms with Crippen molar-refractivity contribution >= 4 is 11.9 Å². The molecule has 0 aliphatic rings. The Kier molecular flexibility index (Phi) is 17.6. The first-order valence-electron chi connectivity index (χ1n) is 9.84. The van der Waals surface area contributed by atoms with Crippen LogP contribution in [-0.4, -0.2) is 25.2 Å². The van der Waals surface area contributed by atoms with Gasteiger partial charge >= 0.3 is 11.9 Å². The molecule has 0 heterocycles. The van der Waals surface area contributed by atoms with Crippen LogP contribution < -0.4 is 0 Å². The van der Waals surface area contributed by atoms with Crippen LogP contribution in [0.25, 0.3) is 0 Å². The van der Waals surface area contributed by atoms with Crippen molar-refractivity contribution in [3.63, 3.8) is 0 Å². The largest absolute Gasteiger partial charge is 0.465 e. The molecule has 4 nitrogen and oxygen atoms in total. The zero-order valence-corrected chi connectivity index (χ0v) is 16.9. The van der Waals surface area contributed by atoms with Crippen molar-refractivity contribution in [2.75, 3.05) is 13.2 Å². The summed E-state index contributed by atoms with van der Waals surface area (Å²) in [5, 5.41) is 0. The molecule has 0 aromatic rings. The second-order valence-electron chi connectivity index (χ2n) is 6.08. The number of hydrogen-bond acceptors (Lipinski definition) is 4. The van der Waals surface area contributed by atoms with Crippen molar-refractivity contribution in [2.24, 2.45) is 5.41 Å². The SMILES string of the molecule is CCCC.CCCCCC(CCCC)(C(=O)OCC)C(=O)OCC. The van der Waals surface area contributed by atoms with Gasteiger partial charge in [0.2, 0.25) is 0 Å². The minimum Gasteiger partial charge on any atom is -0.465 e. The highest BCUT2D eigenvalue weighted by Gasteiger charge is 2.47. The first-order chi connectivity index (χ1) is 11.5. The van der Waals surface area contributed by atoms with Crippen LogP contribution in [0.3, 0.4) is 0 Å². The Bertz CT molecular complexity index is 293. The Morgan fingerprint density at radius 1 is 0.625 bits per heavy atom. The van der Waals surface area contributed by atoms with Crippen LogP contribution in [0.5, 0.6) is 0 Å². The summed E-state index contributed by atoms with van der Waals surface area (Å²) in [6.45, 7) is 12.6. The van der Waals surface area contributed by atoms with Crippen LogP contribution in [0.15, 0.2) is 0 Å². The highest BCUT2D eigenvalue weighted by atomic mass is 16.6. The van der Waals surface area contributed by atoms with E-state index in [1.807, 2.05) is 6.92 Å². The number of unbranched alkanes of at least 4 members (excludes halogenated alkanes) is 4. The van der Waals surface area contributed by atoms with E-state index in [0.29, 0.717) is 26.1 Å². The summed E-state index contributed by atoms with van der Waals surface area (Å²) < 4.78 is 10.3.